The highest BCUT2D eigenvalue weighted by Gasteiger charge is 2.34. The van der Waals surface area contributed by atoms with Crippen LogP contribution in [0.3, 0.4) is 0 Å². The Bertz CT molecular complexity index is 1250. The van der Waals surface area contributed by atoms with Gasteiger partial charge in [0.2, 0.25) is 12.1 Å². The lowest BCUT2D eigenvalue weighted by Crippen LogP contribution is -2.43. The molecule has 1 fully saturated rings. The van der Waals surface area contributed by atoms with Gasteiger partial charge in [0, 0.05) is 49.9 Å². The number of carbonyl (C=O) groups excluding carboxylic acids is 1. The molecular weight excluding hydrogens is 516 g/mol. The van der Waals surface area contributed by atoms with Crippen LogP contribution in [0.2, 0.25) is 0 Å². The van der Waals surface area contributed by atoms with Crippen LogP contribution in [-0.4, -0.2) is 63.2 Å². The van der Waals surface area contributed by atoms with E-state index in [2.05, 4.69) is 43.3 Å². The van der Waals surface area contributed by atoms with Gasteiger partial charge in [-0.3, -0.25) is 9.69 Å². The summed E-state index contributed by atoms with van der Waals surface area (Å²) in [6.07, 6.45) is 3.65. The molecule has 9 nitrogen and oxygen atoms in total. The molecule has 10 heteroatoms. The number of hydrogen-bond acceptors (Lipinski definition) is 8. The summed E-state index contributed by atoms with van der Waals surface area (Å²) in [5.41, 5.74) is 4.41. The lowest BCUT2D eigenvalue weighted by atomic mass is 10.0. The predicted octanol–water partition coefficient (Wildman–Crippen LogP) is 3.60. The number of aliphatic imine (C=N–C) groups is 1. The molecule has 0 aromatic heterocycles. The number of piperidine rings is 1. The molecule has 1 saturated heterocycles. The van der Waals surface area contributed by atoms with Crippen LogP contribution in [0.25, 0.3) is 5.76 Å². The smallest absolute Gasteiger partial charge is 0.225 e. The summed E-state index contributed by atoms with van der Waals surface area (Å²) in [6.45, 7) is 3.53. The van der Waals surface area contributed by atoms with Crippen LogP contribution in [0.1, 0.15) is 30.4 Å². The largest absolute Gasteiger partial charge is 0.497 e. The van der Waals surface area contributed by atoms with Crippen molar-refractivity contribution < 1.29 is 14.3 Å². The highest BCUT2D eigenvalue weighted by Crippen LogP contribution is 2.38. The lowest BCUT2D eigenvalue weighted by molar-refractivity contribution is -0.116. The second-order valence-electron chi connectivity index (χ2n) is 9.85. The molecule has 0 saturated carbocycles. The maximum absolute atomic E-state index is 12.1. The minimum Gasteiger partial charge on any atom is -0.497 e. The van der Waals surface area contributed by atoms with Crippen molar-refractivity contribution in [3.63, 3.8) is 0 Å². The summed E-state index contributed by atoms with van der Waals surface area (Å²) in [4.78, 5) is 19.0. The van der Waals surface area contributed by atoms with E-state index in [1.54, 1.807) is 13.4 Å². The molecule has 1 unspecified atom stereocenters. The summed E-state index contributed by atoms with van der Waals surface area (Å²) >= 11 is 6.95. The molecule has 0 bridgehead atoms. The van der Waals surface area contributed by atoms with Crippen LogP contribution in [0.4, 0.5) is 5.69 Å². The summed E-state index contributed by atoms with van der Waals surface area (Å²) in [7, 11) is 3.51. The Hall–Kier alpha value is -3.53. The van der Waals surface area contributed by atoms with E-state index in [-0.39, 0.29) is 11.9 Å². The average molecular weight is 551 g/mol. The van der Waals surface area contributed by atoms with E-state index in [1.165, 1.54) is 5.56 Å². The normalized spacial score (nSPS) is 19.4. The van der Waals surface area contributed by atoms with Gasteiger partial charge in [-0.2, -0.15) is 0 Å². The molecule has 0 radical (unpaired) electrons. The fourth-order valence-corrected chi connectivity index (χ4v) is 5.23. The number of ether oxygens (including phenoxy) is 2. The van der Waals surface area contributed by atoms with E-state index in [1.807, 2.05) is 43.4 Å². The number of anilines is 1. The third kappa shape index (κ3) is 6.55. The van der Waals surface area contributed by atoms with E-state index >= 15 is 0 Å². The Morgan fingerprint density at radius 2 is 1.90 bits per heavy atom. The van der Waals surface area contributed by atoms with Crippen LogP contribution in [0, 0.1) is 0 Å². The molecule has 3 heterocycles. The number of methoxy groups -OCH3 is 1. The second kappa shape index (κ2) is 12.5. The van der Waals surface area contributed by atoms with Crippen LogP contribution >= 0.6 is 11.6 Å². The molecule has 1 amide bonds. The first-order valence-corrected chi connectivity index (χ1v) is 13.7. The maximum atomic E-state index is 12.1. The molecule has 0 aliphatic carbocycles. The minimum atomic E-state index is -0.402. The molecule has 206 valence electrons. The second-order valence-corrected chi connectivity index (χ2v) is 10.2. The topological polar surface area (TPSA) is 99.3 Å². The van der Waals surface area contributed by atoms with Gasteiger partial charge in [0.25, 0.3) is 0 Å². The van der Waals surface area contributed by atoms with Crippen molar-refractivity contribution in [2.24, 2.45) is 4.99 Å². The highest BCUT2D eigenvalue weighted by molar-refractivity contribution is 6.35. The molecular formula is C29H35ClN6O3. The molecule has 3 aliphatic heterocycles. The number of carbonyl (C=O) groups is 1. The van der Waals surface area contributed by atoms with Crippen molar-refractivity contribution in [1.29, 1.82) is 0 Å². The molecule has 1 atom stereocenters. The average Bonchev–Trinajstić information content (AvgIpc) is 3.44. The van der Waals surface area contributed by atoms with Crippen LogP contribution < -0.4 is 26.0 Å². The van der Waals surface area contributed by atoms with Crippen molar-refractivity contribution in [3.05, 3.63) is 76.1 Å². The predicted molar refractivity (Wildman–Crippen MR) is 154 cm³/mol. The fraction of sp³-hybridized carbons (Fsp3) is 0.379. The number of hydrogen-bond donors (Lipinski definition) is 4. The Labute approximate surface area is 234 Å². The van der Waals surface area contributed by atoms with E-state index in [9.17, 15) is 4.79 Å². The van der Waals surface area contributed by atoms with E-state index in [0.717, 1.165) is 60.9 Å². The van der Waals surface area contributed by atoms with Crippen molar-refractivity contribution in [2.75, 3.05) is 39.1 Å². The van der Waals surface area contributed by atoms with Crippen molar-refractivity contribution in [1.82, 2.24) is 20.9 Å². The number of halogens is 1. The summed E-state index contributed by atoms with van der Waals surface area (Å²) in [6, 6.07) is 16.1. The van der Waals surface area contributed by atoms with Gasteiger partial charge < -0.3 is 30.7 Å². The zero-order valence-electron chi connectivity index (χ0n) is 22.3. The lowest BCUT2D eigenvalue weighted by Gasteiger charge is -2.35. The molecule has 0 spiro atoms. The molecule has 3 aliphatic rings. The standard InChI is InChI=1S/C29H35ClN6O3/c1-31-14-11-24(37)34-21-7-5-20(6-8-21)28-25(30)26(27-29(39-28)33-18-32-27)35-22-12-15-36(16-13-22)17-19-3-9-23(38-2)10-4-19/h3-10,18,22,29,31,35H,11-17H2,1-2H3,(H,32,33)(H,34,37). The number of allylic oxidation sites excluding steroid dienone is 1. The number of benzene rings is 2. The third-order valence-corrected chi connectivity index (χ3v) is 7.48. The highest BCUT2D eigenvalue weighted by atomic mass is 35.5. The van der Waals surface area contributed by atoms with E-state index in [0.29, 0.717) is 23.8 Å². The van der Waals surface area contributed by atoms with Gasteiger partial charge in [-0.25, -0.2) is 4.99 Å². The van der Waals surface area contributed by atoms with Gasteiger partial charge in [0.15, 0.2) is 5.76 Å². The number of fused-ring (bicyclic) bond motifs is 1. The molecule has 2 aromatic rings. The van der Waals surface area contributed by atoms with Crippen molar-refractivity contribution in [3.8, 4) is 5.75 Å². The Kier molecular flexibility index (Phi) is 8.71. The number of nitrogens with zero attached hydrogens (tertiary/aromatic N) is 2. The van der Waals surface area contributed by atoms with Crippen LogP contribution in [0.15, 0.2) is 69.9 Å². The van der Waals surface area contributed by atoms with Crippen molar-refractivity contribution in [2.45, 2.75) is 38.1 Å². The molecule has 4 N–H and O–H groups in total. The number of rotatable bonds is 10. The first-order chi connectivity index (χ1) is 19.0. The van der Waals surface area contributed by atoms with Crippen molar-refractivity contribution >= 4 is 35.3 Å². The number of nitrogens with one attached hydrogen (secondary N) is 4. The van der Waals surface area contributed by atoms with Gasteiger partial charge in [-0.05, 0) is 61.9 Å². The minimum absolute atomic E-state index is 0.0373. The SMILES string of the molecule is CNCCC(=O)Nc1ccc(C2=C(Cl)C(NC3CCN(Cc4ccc(OC)cc4)CC3)=C3N=CNC3O2)cc1. The number of amides is 1. The fourth-order valence-electron chi connectivity index (χ4n) is 4.93. The zero-order chi connectivity index (χ0) is 27.2. The summed E-state index contributed by atoms with van der Waals surface area (Å²) in [5, 5.41) is 13.2. The van der Waals surface area contributed by atoms with Gasteiger partial charge in [-0.15, -0.1) is 0 Å². The van der Waals surface area contributed by atoms with Gasteiger partial charge in [0.05, 0.1) is 19.1 Å². The third-order valence-electron chi connectivity index (χ3n) is 7.12. The van der Waals surface area contributed by atoms with Crippen LogP contribution in [0.5, 0.6) is 5.75 Å². The Balaban J connectivity index is 1.24. The van der Waals surface area contributed by atoms with Gasteiger partial charge >= 0.3 is 0 Å². The van der Waals surface area contributed by atoms with E-state index < -0.39 is 6.23 Å². The van der Waals surface area contributed by atoms with E-state index in [4.69, 9.17) is 21.1 Å². The molecule has 5 rings (SSSR count). The van der Waals surface area contributed by atoms with Crippen LogP contribution in [-0.2, 0) is 16.1 Å². The summed E-state index contributed by atoms with van der Waals surface area (Å²) in [5.74, 6) is 1.42. The molecule has 2 aromatic carbocycles. The first-order valence-electron chi connectivity index (χ1n) is 13.3. The maximum Gasteiger partial charge on any atom is 0.225 e. The summed E-state index contributed by atoms with van der Waals surface area (Å²) < 4.78 is 11.5. The van der Waals surface area contributed by atoms with Gasteiger partial charge in [-0.1, -0.05) is 23.7 Å². The van der Waals surface area contributed by atoms with Gasteiger partial charge in [0.1, 0.15) is 16.5 Å². The Morgan fingerprint density at radius 3 is 2.59 bits per heavy atom. The monoisotopic (exact) mass is 550 g/mol. The zero-order valence-corrected chi connectivity index (χ0v) is 23.1. The Morgan fingerprint density at radius 1 is 1.15 bits per heavy atom. The molecule has 39 heavy (non-hydrogen) atoms. The first kappa shape index (κ1) is 27.1. The quantitative estimate of drug-likeness (QED) is 0.359. The number of likely N-dealkylation sites (tertiary alicyclic amines) is 1.